The van der Waals surface area contributed by atoms with Gasteiger partial charge in [0.05, 0.1) is 12.5 Å². The summed E-state index contributed by atoms with van der Waals surface area (Å²) >= 11 is 0. The van der Waals surface area contributed by atoms with Crippen molar-refractivity contribution in [2.75, 3.05) is 13.7 Å². The number of carbonyl (C=O) groups is 2. The van der Waals surface area contributed by atoms with Crippen LogP contribution in [0.25, 0.3) is 0 Å². The second-order valence-corrected chi connectivity index (χ2v) is 4.22. The van der Waals surface area contributed by atoms with Gasteiger partial charge in [-0.05, 0) is 24.1 Å². The summed E-state index contributed by atoms with van der Waals surface area (Å²) in [6.07, 6.45) is 0.272. The molecule has 0 aliphatic rings. The van der Waals surface area contributed by atoms with Crippen LogP contribution in [-0.4, -0.2) is 36.7 Å². The van der Waals surface area contributed by atoms with Crippen molar-refractivity contribution < 1.29 is 19.4 Å². The van der Waals surface area contributed by atoms with Crippen molar-refractivity contribution in [3.63, 3.8) is 0 Å². The summed E-state index contributed by atoms with van der Waals surface area (Å²) in [7, 11) is 1.43. The van der Waals surface area contributed by atoms with Gasteiger partial charge >= 0.3 is 5.97 Å². The molecule has 19 heavy (non-hydrogen) atoms. The van der Waals surface area contributed by atoms with Crippen LogP contribution in [0.15, 0.2) is 24.3 Å². The highest BCUT2D eigenvalue weighted by Crippen LogP contribution is 2.05. The molecule has 5 heteroatoms. The van der Waals surface area contributed by atoms with Crippen LogP contribution in [0.4, 0.5) is 0 Å². The molecule has 1 atom stereocenters. The van der Waals surface area contributed by atoms with Crippen LogP contribution in [0.3, 0.4) is 0 Å². The van der Waals surface area contributed by atoms with E-state index in [4.69, 9.17) is 9.84 Å². The first-order valence-corrected chi connectivity index (χ1v) is 6.18. The van der Waals surface area contributed by atoms with Crippen LogP contribution in [0.2, 0.25) is 0 Å². The zero-order valence-corrected chi connectivity index (χ0v) is 11.2. The number of aryl methyl sites for hydroxylation is 1. The molecule has 0 heterocycles. The van der Waals surface area contributed by atoms with Gasteiger partial charge in [0.15, 0.2) is 0 Å². The third kappa shape index (κ3) is 5.09. The lowest BCUT2D eigenvalue weighted by molar-refractivity contribution is -0.139. The maximum absolute atomic E-state index is 11.8. The van der Waals surface area contributed by atoms with Gasteiger partial charge in [0, 0.05) is 19.2 Å². The molecule has 0 radical (unpaired) electrons. The Morgan fingerprint density at radius 1 is 1.32 bits per heavy atom. The smallest absolute Gasteiger partial charge is 0.306 e. The van der Waals surface area contributed by atoms with E-state index >= 15 is 0 Å². The molecule has 1 amide bonds. The van der Waals surface area contributed by atoms with Gasteiger partial charge in [-0.3, -0.25) is 9.59 Å². The fourth-order valence-corrected chi connectivity index (χ4v) is 1.63. The van der Waals surface area contributed by atoms with E-state index < -0.39 is 12.1 Å². The molecule has 0 bridgehead atoms. The number of hydrogen-bond donors (Lipinski definition) is 2. The van der Waals surface area contributed by atoms with E-state index in [1.807, 2.05) is 19.1 Å². The van der Waals surface area contributed by atoms with Gasteiger partial charge in [-0.1, -0.05) is 19.1 Å². The van der Waals surface area contributed by atoms with Crippen molar-refractivity contribution in [3.05, 3.63) is 35.4 Å². The summed E-state index contributed by atoms with van der Waals surface area (Å²) in [4.78, 5) is 22.4. The Bertz CT molecular complexity index is 428. The quantitative estimate of drug-likeness (QED) is 0.782. The van der Waals surface area contributed by atoms with Crippen molar-refractivity contribution in [1.29, 1.82) is 0 Å². The molecule has 0 saturated carbocycles. The fraction of sp³-hybridized carbons (Fsp3) is 0.429. The molecule has 0 aromatic heterocycles. The molecule has 5 nitrogen and oxygen atoms in total. The number of rotatable bonds is 7. The van der Waals surface area contributed by atoms with Crippen LogP contribution in [0.1, 0.15) is 29.3 Å². The SMILES string of the molecule is CCc1ccc(C(=O)NCC(CC(=O)O)OC)cc1. The summed E-state index contributed by atoms with van der Waals surface area (Å²) in [6.45, 7) is 2.22. The number of amides is 1. The van der Waals surface area contributed by atoms with Crippen molar-refractivity contribution in [2.45, 2.75) is 25.9 Å². The minimum Gasteiger partial charge on any atom is -0.481 e. The van der Waals surface area contributed by atoms with E-state index in [0.717, 1.165) is 12.0 Å². The molecule has 0 saturated heterocycles. The first-order chi connectivity index (χ1) is 9.06. The standard InChI is InChI=1S/C14H19NO4/c1-3-10-4-6-11(7-5-10)14(18)15-9-12(19-2)8-13(16)17/h4-7,12H,3,8-9H2,1-2H3,(H,15,18)(H,16,17). The monoisotopic (exact) mass is 265 g/mol. The van der Waals surface area contributed by atoms with Gasteiger partial charge in [-0.2, -0.15) is 0 Å². The zero-order valence-electron chi connectivity index (χ0n) is 11.2. The minimum absolute atomic E-state index is 0.133. The summed E-state index contributed by atoms with van der Waals surface area (Å²) in [5, 5.41) is 11.3. The second-order valence-electron chi connectivity index (χ2n) is 4.22. The van der Waals surface area contributed by atoms with Crippen LogP contribution in [0, 0.1) is 0 Å². The molecular weight excluding hydrogens is 246 g/mol. The van der Waals surface area contributed by atoms with Crippen molar-refractivity contribution in [1.82, 2.24) is 5.32 Å². The van der Waals surface area contributed by atoms with Crippen LogP contribution in [0.5, 0.6) is 0 Å². The second kappa shape index (κ2) is 7.53. The molecule has 0 fully saturated rings. The number of ether oxygens (including phenoxy) is 1. The molecule has 0 aliphatic carbocycles. The Labute approximate surface area is 112 Å². The third-order valence-electron chi connectivity index (χ3n) is 2.85. The molecule has 0 spiro atoms. The van der Waals surface area contributed by atoms with Gasteiger partial charge in [0.1, 0.15) is 0 Å². The molecular formula is C14H19NO4. The maximum Gasteiger partial charge on any atom is 0.306 e. The normalized spacial score (nSPS) is 11.9. The van der Waals surface area contributed by atoms with E-state index in [1.54, 1.807) is 12.1 Å². The Morgan fingerprint density at radius 3 is 2.42 bits per heavy atom. The summed E-state index contributed by atoms with van der Waals surface area (Å²) in [5.74, 6) is -1.18. The van der Waals surface area contributed by atoms with Gasteiger partial charge in [0.25, 0.3) is 5.91 Å². The molecule has 0 aliphatic heterocycles. The first kappa shape index (κ1) is 15.2. The lowest BCUT2D eigenvalue weighted by Crippen LogP contribution is -2.34. The highest BCUT2D eigenvalue weighted by Gasteiger charge is 2.14. The van der Waals surface area contributed by atoms with Gasteiger partial charge in [0.2, 0.25) is 0 Å². The topological polar surface area (TPSA) is 75.6 Å². The average molecular weight is 265 g/mol. The summed E-state index contributed by atoms with van der Waals surface area (Å²) in [6, 6.07) is 7.32. The molecule has 2 N–H and O–H groups in total. The summed E-state index contributed by atoms with van der Waals surface area (Å²) in [5.41, 5.74) is 1.72. The first-order valence-electron chi connectivity index (χ1n) is 6.18. The zero-order chi connectivity index (χ0) is 14.3. The number of carbonyl (C=O) groups excluding carboxylic acids is 1. The van der Waals surface area contributed by atoms with E-state index in [0.29, 0.717) is 5.56 Å². The fourth-order valence-electron chi connectivity index (χ4n) is 1.63. The highest BCUT2D eigenvalue weighted by atomic mass is 16.5. The average Bonchev–Trinajstić information content (AvgIpc) is 2.42. The van der Waals surface area contributed by atoms with E-state index in [1.165, 1.54) is 7.11 Å². The number of methoxy groups -OCH3 is 1. The molecule has 104 valence electrons. The Morgan fingerprint density at radius 2 is 1.95 bits per heavy atom. The third-order valence-corrected chi connectivity index (χ3v) is 2.85. The number of hydrogen-bond acceptors (Lipinski definition) is 3. The molecule has 1 aromatic carbocycles. The number of benzene rings is 1. The Hall–Kier alpha value is -1.88. The van der Waals surface area contributed by atoms with Gasteiger partial charge in [-0.15, -0.1) is 0 Å². The maximum atomic E-state index is 11.8. The predicted octanol–water partition coefficient (Wildman–Crippen LogP) is 1.47. The van der Waals surface area contributed by atoms with Crippen LogP contribution < -0.4 is 5.32 Å². The van der Waals surface area contributed by atoms with E-state index in [9.17, 15) is 9.59 Å². The van der Waals surface area contributed by atoms with Crippen molar-refractivity contribution in [2.24, 2.45) is 0 Å². The number of carboxylic acid groups (broad SMARTS) is 1. The minimum atomic E-state index is -0.951. The van der Waals surface area contributed by atoms with Gasteiger partial charge < -0.3 is 15.2 Å². The number of aliphatic carboxylic acids is 1. The largest absolute Gasteiger partial charge is 0.481 e. The lowest BCUT2D eigenvalue weighted by atomic mass is 10.1. The van der Waals surface area contributed by atoms with Crippen LogP contribution >= 0.6 is 0 Å². The van der Waals surface area contributed by atoms with Crippen LogP contribution in [-0.2, 0) is 16.0 Å². The molecule has 1 aromatic rings. The molecule has 1 rings (SSSR count). The van der Waals surface area contributed by atoms with E-state index in [-0.39, 0.29) is 18.9 Å². The molecule has 1 unspecified atom stereocenters. The van der Waals surface area contributed by atoms with Gasteiger partial charge in [-0.25, -0.2) is 0 Å². The number of carboxylic acids is 1. The van der Waals surface area contributed by atoms with Crippen molar-refractivity contribution in [3.8, 4) is 0 Å². The highest BCUT2D eigenvalue weighted by molar-refractivity contribution is 5.94. The summed E-state index contributed by atoms with van der Waals surface area (Å²) < 4.78 is 4.99. The Kier molecular flexibility index (Phi) is 6.02. The Balaban J connectivity index is 2.51. The van der Waals surface area contributed by atoms with Crippen molar-refractivity contribution >= 4 is 11.9 Å². The van der Waals surface area contributed by atoms with E-state index in [2.05, 4.69) is 5.32 Å². The lowest BCUT2D eigenvalue weighted by Gasteiger charge is -2.14. The predicted molar refractivity (Wildman–Crippen MR) is 71.2 cm³/mol. The number of nitrogens with one attached hydrogen (secondary N) is 1.